The molecule has 0 aliphatic carbocycles. The molecule has 0 N–H and O–H groups in total. The number of rotatable bonds is 4. The molecule has 0 fully saturated rings. The zero-order valence-electron chi connectivity index (χ0n) is 7.99. The number of likely N-dealkylation sites (N-methyl/N-ethyl adjacent to an activating group) is 1. The Morgan fingerprint density at radius 1 is 1.38 bits per heavy atom. The quantitative estimate of drug-likeness (QED) is 0.819. The third-order valence-corrected chi connectivity index (χ3v) is 1.76. The zero-order valence-corrected chi connectivity index (χ0v) is 10.9. The monoisotopic (exact) mass is 348 g/mol. The first kappa shape index (κ1) is 12.7. The van der Waals surface area contributed by atoms with Gasteiger partial charge < -0.3 is 10.1 Å². The topological polar surface area (TPSA) is 23.3 Å². The van der Waals surface area contributed by atoms with E-state index >= 15 is 0 Å². The first-order valence-corrected chi connectivity index (χ1v) is 4.05. The Hall–Kier alpha value is -0.332. The summed E-state index contributed by atoms with van der Waals surface area (Å²) in [6.45, 7) is 0.882. The average molecular weight is 348 g/mol. The van der Waals surface area contributed by atoms with Gasteiger partial charge in [0.25, 0.3) is 0 Å². The van der Waals surface area contributed by atoms with Gasteiger partial charge in [-0.05, 0) is 24.1 Å². The van der Waals surface area contributed by atoms with Crippen LogP contribution in [-0.4, -0.2) is 20.7 Å². The molecule has 0 amide bonds. The van der Waals surface area contributed by atoms with Crippen LogP contribution in [0.15, 0.2) is 24.3 Å². The van der Waals surface area contributed by atoms with Gasteiger partial charge in [-0.1, -0.05) is 12.1 Å². The van der Waals surface area contributed by atoms with Crippen molar-refractivity contribution >= 4 is 0 Å². The second-order valence-electron chi connectivity index (χ2n) is 2.64. The fourth-order valence-electron chi connectivity index (χ4n) is 1.07. The molecule has 0 radical (unpaired) electrons. The van der Waals surface area contributed by atoms with Gasteiger partial charge in [0, 0.05) is 21.1 Å². The summed E-state index contributed by atoms with van der Waals surface area (Å²) in [4.78, 5) is 0. The Balaban J connectivity index is 0.00000144. The van der Waals surface area contributed by atoms with Crippen molar-refractivity contribution in [2.24, 2.45) is 0 Å². The van der Waals surface area contributed by atoms with Crippen molar-refractivity contribution in [3.05, 3.63) is 35.1 Å². The van der Waals surface area contributed by atoms with Crippen LogP contribution >= 0.6 is 0 Å². The molecule has 0 aliphatic heterocycles. The van der Waals surface area contributed by atoms with Crippen LogP contribution in [0.3, 0.4) is 0 Å². The number of hydrogen-bond acceptors (Lipinski definition) is 1. The smallest absolute Gasteiger partial charge is 0.119 e. The number of nitrogens with zero attached hydrogens (tertiary/aromatic N) is 1. The van der Waals surface area contributed by atoms with Crippen molar-refractivity contribution in [3.63, 3.8) is 0 Å². The number of methoxy groups -OCH3 is 1. The minimum absolute atomic E-state index is 0. The fraction of sp³-hybridized carbons (Fsp3) is 0.400. The van der Waals surface area contributed by atoms with E-state index in [1.165, 1.54) is 5.56 Å². The van der Waals surface area contributed by atoms with Crippen molar-refractivity contribution in [2.75, 3.05) is 20.7 Å². The molecule has 1 rings (SSSR count). The van der Waals surface area contributed by atoms with Crippen LogP contribution in [0, 0.1) is 0 Å². The summed E-state index contributed by atoms with van der Waals surface area (Å²) >= 11 is 0. The normalized spacial score (nSPS) is 9.08. The molecule has 0 aliphatic rings. The van der Waals surface area contributed by atoms with Gasteiger partial charge in [-0.3, -0.25) is 0 Å². The molecule has 2 nitrogen and oxygen atoms in total. The van der Waals surface area contributed by atoms with E-state index < -0.39 is 0 Å². The van der Waals surface area contributed by atoms with E-state index in [0.717, 1.165) is 18.7 Å². The summed E-state index contributed by atoms with van der Waals surface area (Å²) < 4.78 is 5.10. The van der Waals surface area contributed by atoms with E-state index in [9.17, 15) is 0 Å². The Morgan fingerprint density at radius 2 is 2.15 bits per heavy atom. The molecular weight excluding hydrogens is 334 g/mol. The zero-order chi connectivity index (χ0) is 8.81. The molecule has 1 aromatic carbocycles. The van der Waals surface area contributed by atoms with Crippen molar-refractivity contribution in [2.45, 2.75) is 6.42 Å². The van der Waals surface area contributed by atoms with Crippen molar-refractivity contribution in [1.82, 2.24) is 0 Å². The van der Waals surface area contributed by atoms with Crippen LogP contribution in [0.1, 0.15) is 5.56 Å². The van der Waals surface area contributed by atoms with Crippen LogP contribution in [-0.2, 0) is 27.5 Å². The van der Waals surface area contributed by atoms with Crippen molar-refractivity contribution in [3.8, 4) is 5.75 Å². The Morgan fingerprint density at radius 3 is 2.77 bits per heavy atom. The maximum absolute atomic E-state index is 5.10. The molecule has 0 spiro atoms. The van der Waals surface area contributed by atoms with E-state index in [4.69, 9.17) is 4.74 Å². The SMILES string of the molecule is C[N-]CCc1cccc(OC)c1.[W]. The Bertz CT molecular complexity index is 240. The van der Waals surface area contributed by atoms with Crippen molar-refractivity contribution in [1.29, 1.82) is 0 Å². The van der Waals surface area contributed by atoms with Crippen molar-refractivity contribution < 1.29 is 25.8 Å². The minimum atomic E-state index is 0. The van der Waals surface area contributed by atoms with Gasteiger partial charge in [-0.2, -0.15) is 7.05 Å². The van der Waals surface area contributed by atoms with E-state index in [1.807, 2.05) is 25.2 Å². The first-order chi connectivity index (χ1) is 5.86. The molecule has 13 heavy (non-hydrogen) atoms. The largest absolute Gasteiger partial charge is 0.665 e. The Kier molecular flexibility index (Phi) is 6.93. The van der Waals surface area contributed by atoms with Gasteiger partial charge in [-0.15, -0.1) is 6.54 Å². The van der Waals surface area contributed by atoms with E-state index in [0.29, 0.717) is 0 Å². The van der Waals surface area contributed by atoms with Gasteiger partial charge in [0.2, 0.25) is 0 Å². The van der Waals surface area contributed by atoms with Gasteiger partial charge in [0.1, 0.15) is 5.75 Å². The summed E-state index contributed by atoms with van der Waals surface area (Å²) in [6, 6.07) is 8.09. The summed E-state index contributed by atoms with van der Waals surface area (Å²) in [5.74, 6) is 0.920. The summed E-state index contributed by atoms with van der Waals surface area (Å²) in [5, 5.41) is 4.05. The van der Waals surface area contributed by atoms with Crippen LogP contribution < -0.4 is 4.74 Å². The van der Waals surface area contributed by atoms with Gasteiger partial charge >= 0.3 is 0 Å². The number of ether oxygens (including phenoxy) is 1. The molecule has 0 unspecified atom stereocenters. The summed E-state index contributed by atoms with van der Waals surface area (Å²) in [5.41, 5.74) is 1.28. The second-order valence-corrected chi connectivity index (χ2v) is 2.64. The molecule has 0 heterocycles. The maximum Gasteiger partial charge on any atom is 0.119 e. The Labute approximate surface area is 93.9 Å². The second kappa shape index (κ2) is 7.11. The summed E-state index contributed by atoms with van der Waals surface area (Å²) in [7, 11) is 3.52. The molecule has 0 saturated heterocycles. The number of hydrogen-bond donors (Lipinski definition) is 0. The molecule has 0 aromatic heterocycles. The molecule has 3 heteroatoms. The van der Waals surface area contributed by atoms with Crippen LogP contribution in [0.25, 0.3) is 5.32 Å². The molecular formula is C10H14NOW-. The van der Waals surface area contributed by atoms with Gasteiger partial charge in [0.15, 0.2) is 0 Å². The molecule has 0 bridgehead atoms. The van der Waals surface area contributed by atoms with Crippen LogP contribution in [0.4, 0.5) is 0 Å². The average Bonchev–Trinajstić information content (AvgIpc) is 2.15. The van der Waals surface area contributed by atoms with E-state index in [1.54, 1.807) is 7.11 Å². The molecule has 72 valence electrons. The molecule has 0 atom stereocenters. The molecule has 1 aromatic rings. The number of benzene rings is 1. The van der Waals surface area contributed by atoms with E-state index in [2.05, 4.69) is 11.4 Å². The van der Waals surface area contributed by atoms with Gasteiger partial charge in [-0.25, -0.2) is 0 Å². The molecule has 0 saturated carbocycles. The van der Waals surface area contributed by atoms with Crippen LogP contribution in [0.2, 0.25) is 0 Å². The maximum atomic E-state index is 5.10. The van der Waals surface area contributed by atoms with Gasteiger partial charge in [0.05, 0.1) is 7.11 Å². The predicted molar refractivity (Wildman–Crippen MR) is 50.8 cm³/mol. The first-order valence-electron chi connectivity index (χ1n) is 4.05. The summed E-state index contributed by atoms with van der Waals surface area (Å²) in [6.07, 6.45) is 0.994. The third kappa shape index (κ3) is 4.44. The minimum Gasteiger partial charge on any atom is -0.665 e. The predicted octanol–water partition coefficient (Wildman–Crippen LogP) is 2.24. The van der Waals surface area contributed by atoms with E-state index in [-0.39, 0.29) is 21.1 Å². The third-order valence-electron chi connectivity index (χ3n) is 1.76. The fourth-order valence-corrected chi connectivity index (χ4v) is 1.07. The standard InChI is InChI=1S/C10H14NO.W/c1-11-7-6-9-4-3-5-10(8-9)12-2;/h3-5,8H,6-7H2,1-2H3;/q-1;. The van der Waals surface area contributed by atoms with Crippen LogP contribution in [0.5, 0.6) is 5.75 Å².